The van der Waals surface area contributed by atoms with Crippen molar-refractivity contribution in [2.75, 3.05) is 6.61 Å². The Kier molecular flexibility index (Phi) is 7.16. The molecule has 0 saturated carbocycles. The largest absolute Gasteiger partial charge is 0.454 e. The smallest absolute Gasteiger partial charge is 0.331 e. The van der Waals surface area contributed by atoms with Crippen LogP contribution < -0.4 is 0 Å². The van der Waals surface area contributed by atoms with Gasteiger partial charge in [-0.2, -0.15) is 0 Å². The van der Waals surface area contributed by atoms with Gasteiger partial charge in [-0.15, -0.1) is 0 Å². The predicted octanol–water partition coefficient (Wildman–Crippen LogP) is 4.11. The first kappa shape index (κ1) is 16.9. The number of allylic oxidation sites excluding steroid dienone is 3. The summed E-state index contributed by atoms with van der Waals surface area (Å²) in [6.07, 6.45) is 5.30. The molecule has 0 aliphatic carbocycles. The molecule has 0 saturated heterocycles. The number of hydrogen-bond donors (Lipinski definition) is 0. The van der Waals surface area contributed by atoms with E-state index in [2.05, 4.69) is 6.08 Å². The minimum absolute atomic E-state index is 0.195. The van der Waals surface area contributed by atoms with Crippen molar-refractivity contribution in [1.29, 1.82) is 0 Å². The summed E-state index contributed by atoms with van der Waals surface area (Å²) in [5.41, 5.74) is 2.76. The molecule has 1 aromatic rings. The zero-order valence-corrected chi connectivity index (χ0v) is 12.9. The molecule has 0 unspecified atom stereocenters. The van der Waals surface area contributed by atoms with Gasteiger partial charge in [0, 0.05) is 11.6 Å². The minimum atomic E-state index is -0.464. The number of hydrogen-bond acceptors (Lipinski definition) is 3. The van der Waals surface area contributed by atoms with Crippen molar-refractivity contribution < 1.29 is 14.3 Å². The first-order valence-corrected chi connectivity index (χ1v) is 7.04. The van der Waals surface area contributed by atoms with Gasteiger partial charge in [0.25, 0.3) is 0 Å². The number of Topliss-reactive ketones (excluding diaryl/α,β-unsaturated/α-hetero) is 1. The Morgan fingerprint density at radius 1 is 1.10 bits per heavy atom. The average molecular weight is 286 g/mol. The van der Waals surface area contributed by atoms with Gasteiger partial charge in [-0.1, -0.05) is 47.6 Å². The van der Waals surface area contributed by atoms with E-state index in [1.165, 1.54) is 11.6 Å². The van der Waals surface area contributed by atoms with Crippen LogP contribution in [0.4, 0.5) is 0 Å². The average Bonchev–Trinajstić information content (AvgIpc) is 2.45. The molecule has 0 N–H and O–H groups in total. The fraction of sp³-hybridized carbons (Fsp3) is 0.333. The van der Waals surface area contributed by atoms with Crippen LogP contribution in [0.15, 0.2) is 53.6 Å². The monoisotopic (exact) mass is 286 g/mol. The van der Waals surface area contributed by atoms with Gasteiger partial charge in [0.05, 0.1) is 0 Å². The molecule has 0 radical (unpaired) electrons. The highest BCUT2D eigenvalue weighted by Crippen LogP contribution is 2.07. The van der Waals surface area contributed by atoms with Gasteiger partial charge in [-0.3, -0.25) is 4.79 Å². The lowest BCUT2D eigenvalue weighted by Crippen LogP contribution is -2.12. The van der Waals surface area contributed by atoms with Crippen molar-refractivity contribution in [3.05, 3.63) is 59.2 Å². The number of carbonyl (C=O) groups excluding carboxylic acids is 2. The molecule has 21 heavy (non-hydrogen) atoms. The number of esters is 1. The van der Waals surface area contributed by atoms with E-state index >= 15 is 0 Å². The summed E-state index contributed by atoms with van der Waals surface area (Å²) in [6.45, 7) is 5.75. The van der Waals surface area contributed by atoms with E-state index in [1.54, 1.807) is 24.3 Å². The number of benzene rings is 1. The highest BCUT2D eigenvalue weighted by molar-refractivity contribution is 5.98. The topological polar surface area (TPSA) is 43.4 Å². The summed E-state index contributed by atoms with van der Waals surface area (Å²) in [7, 11) is 0. The molecule has 0 heterocycles. The van der Waals surface area contributed by atoms with E-state index in [0.29, 0.717) is 5.56 Å². The molecule has 0 atom stereocenters. The van der Waals surface area contributed by atoms with Gasteiger partial charge in [0.1, 0.15) is 0 Å². The molecule has 3 nitrogen and oxygen atoms in total. The van der Waals surface area contributed by atoms with Gasteiger partial charge in [-0.25, -0.2) is 4.79 Å². The van der Waals surface area contributed by atoms with Crippen LogP contribution in [0, 0.1) is 0 Å². The molecule has 0 fully saturated rings. The Balaban J connectivity index is 2.40. The Morgan fingerprint density at radius 2 is 1.76 bits per heavy atom. The van der Waals surface area contributed by atoms with E-state index in [4.69, 9.17) is 4.74 Å². The number of ether oxygens (including phenoxy) is 1. The molecule has 1 aromatic carbocycles. The van der Waals surface area contributed by atoms with Crippen LogP contribution in [0.5, 0.6) is 0 Å². The van der Waals surface area contributed by atoms with E-state index < -0.39 is 5.97 Å². The SMILES string of the molecule is CC(C)=CCC/C(C)=C/C(=O)OCC(=O)c1ccccc1. The van der Waals surface area contributed by atoms with Gasteiger partial charge >= 0.3 is 5.97 Å². The third-order valence-corrected chi connectivity index (χ3v) is 2.90. The quantitative estimate of drug-likeness (QED) is 0.328. The Morgan fingerprint density at radius 3 is 2.38 bits per heavy atom. The Hall–Kier alpha value is -2.16. The first-order valence-electron chi connectivity index (χ1n) is 7.04. The number of ketones is 1. The summed E-state index contributed by atoms with van der Waals surface area (Å²) in [5.74, 6) is -0.659. The highest BCUT2D eigenvalue weighted by atomic mass is 16.5. The lowest BCUT2D eigenvalue weighted by Gasteiger charge is -2.03. The normalized spacial score (nSPS) is 10.9. The van der Waals surface area contributed by atoms with Crippen LogP contribution in [-0.2, 0) is 9.53 Å². The number of carbonyl (C=O) groups is 2. The molecule has 0 aliphatic heterocycles. The van der Waals surface area contributed by atoms with Crippen molar-refractivity contribution >= 4 is 11.8 Å². The van der Waals surface area contributed by atoms with Crippen LogP contribution in [-0.4, -0.2) is 18.4 Å². The van der Waals surface area contributed by atoms with Crippen molar-refractivity contribution in [3.8, 4) is 0 Å². The maximum absolute atomic E-state index is 11.8. The van der Waals surface area contributed by atoms with Gasteiger partial charge in [-0.05, 0) is 33.6 Å². The first-order chi connectivity index (χ1) is 9.99. The summed E-state index contributed by atoms with van der Waals surface area (Å²) in [4.78, 5) is 23.4. The molecule has 1 rings (SSSR count). The molecule has 0 spiro atoms. The van der Waals surface area contributed by atoms with Crippen molar-refractivity contribution in [1.82, 2.24) is 0 Å². The van der Waals surface area contributed by atoms with Crippen LogP contribution in [0.3, 0.4) is 0 Å². The molecule has 3 heteroatoms. The second-order valence-electron chi connectivity index (χ2n) is 5.21. The fourth-order valence-electron chi connectivity index (χ4n) is 1.75. The van der Waals surface area contributed by atoms with Gasteiger partial charge in [0.15, 0.2) is 12.4 Å². The second kappa shape index (κ2) is 8.90. The van der Waals surface area contributed by atoms with Crippen molar-refractivity contribution in [3.63, 3.8) is 0 Å². The molecule has 0 amide bonds. The summed E-state index contributed by atoms with van der Waals surface area (Å²) >= 11 is 0. The Bertz CT molecular complexity index is 535. The molecule has 0 aliphatic rings. The zero-order valence-electron chi connectivity index (χ0n) is 12.9. The zero-order chi connectivity index (χ0) is 15.7. The predicted molar refractivity (Wildman–Crippen MR) is 84.2 cm³/mol. The van der Waals surface area contributed by atoms with Gasteiger partial charge in [0.2, 0.25) is 0 Å². The molecular weight excluding hydrogens is 264 g/mol. The van der Waals surface area contributed by atoms with E-state index in [9.17, 15) is 9.59 Å². The molecule has 0 bridgehead atoms. The summed E-state index contributed by atoms with van der Waals surface area (Å²) < 4.78 is 4.98. The molecule has 112 valence electrons. The van der Waals surface area contributed by atoms with Crippen LogP contribution in [0.1, 0.15) is 44.0 Å². The number of rotatable bonds is 7. The van der Waals surface area contributed by atoms with Crippen LogP contribution in [0.2, 0.25) is 0 Å². The standard InChI is InChI=1S/C18H22O3/c1-14(2)8-7-9-15(3)12-18(20)21-13-17(19)16-10-5-4-6-11-16/h4-6,8,10-12H,7,9,13H2,1-3H3/b15-12+. The van der Waals surface area contributed by atoms with Gasteiger partial charge < -0.3 is 4.74 Å². The van der Waals surface area contributed by atoms with E-state index in [-0.39, 0.29) is 12.4 Å². The fourth-order valence-corrected chi connectivity index (χ4v) is 1.75. The van der Waals surface area contributed by atoms with E-state index in [0.717, 1.165) is 18.4 Å². The van der Waals surface area contributed by atoms with Crippen molar-refractivity contribution in [2.45, 2.75) is 33.6 Å². The molecular formula is C18H22O3. The third kappa shape index (κ3) is 7.25. The molecule has 0 aromatic heterocycles. The lowest BCUT2D eigenvalue weighted by molar-refractivity contribution is -0.136. The lowest BCUT2D eigenvalue weighted by atomic mass is 10.1. The van der Waals surface area contributed by atoms with Crippen LogP contribution >= 0.6 is 0 Å². The van der Waals surface area contributed by atoms with Crippen LogP contribution in [0.25, 0.3) is 0 Å². The van der Waals surface area contributed by atoms with Crippen molar-refractivity contribution in [2.24, 2.45) is 0 Å². The third-order valence-electron chi connectivity index (χ3n) is 2.90. The van der Waals surface area contributed by atoms with E-state index in [1.807, 2.05) is 26.8 Å². The minimum Gasteiger partial charge on any atom is -0.454 e. The maximum atomic E-state index is 11.8. The summed E-state index contributed by atoms with van der Waals surface area (Å²) in [5, 5.41) is 0. The second-order valence-corrected chi connectivity index (χ2v) is 5.21. The Labute approximate surface area is 126 Å². The highest BCUT2D eigenvalue weighted by Gasteiger charge is 2.08. The summed E-state index contributed by atoms with van der Waals surface area (Å²) in [6, 6.07) is 8.80. The maximum Gasteiger partial charge on any atom is 0.331 e.